The zero-order valence-corrected chi connectivity index (χ0v) is 6.71. The van der Waals surface area contributed by atoms with Gasteiger partial charge < -0.3 is 5.73 Å². The SMILES string of the molecule is NNC(=O)c1ccc(C[NH3+])cc1. The van der Waals surface area contributed by atoms with Crippen LogP contribution in [-0.2, 0) is 6.54 Å². The highest BCUT2D eigenvalue weighted by Crippen LogP contribution is 2.02. The monoisotopic (exact) mass is 166 g/mol. The molecule has 0 unspecified atom stereocenters. The second-order valence-electron chi connectivity index (χ2n) is 2.42. The topological polar surface area (TPSA) is 82.8 Å². The lowest BCUT2D eigenvalue weighted by atomic mass is 10.1. The van der Waals surface area contributed by atoms with Crippen molar-refractivity contribution in [3.8, 4) is 0 Å². The van der Waals surface area contributed by atoms with Crippen LogP contribution in [0.5, 0.6) is 0 Å². The van der Waals surface area contributed by atoms with Crippen molar-refractivity contribution in [1.29, 1.82) is 0 Å². The normalized spacial score (nSPS) is 9.50. The van der Waals surface area contributed by atoms with Crippen molar-refractivity contribution in [2.24, 2.45) is 5.84 Å². The molecule has 1 amide bonds. The van der Waals surface area contributed by atoms with Crippen LogP contribution in [0, 0.1) is 0 Å². The van der Waals surface area contributed by atoms with Gasteiger partial charge >= 0.3 is 0 Å². The Labute approximate surface area is 70.5 Å². The van der Waals surface area contributed by atoms with Crippen LogP contribution in [0.15, 0.2) is 24.3 Å². The Morgan fingerprint density at radius 1 is 1.42 bits per heavy atom. The molecule has 0 spiro atoms. The number of carbonyl (C=O) groups is 1. The second kappa shape index (κ2) is 3.85. The highest BCUT2D eigenvalue weighted by molar-refractivity contribution is 5.93. The van der Waals surface area contributed by atoms with E-state index in [9.17, 15) is 4.79 Å². The summed E-state index contributed by atoms with van der Waals surface area (Å²) in [5.41, 5.74) is 7.45. The molecule has 0 fully saturated rings. The largest absolute Gasteiger partial charge is 0.354 e. The highest BCUT2D eigenvalue weighted by atomic mass is 16.2. The van der Waals surface area contributed by atoms with Gasteiger partial charge in [-0.15, -0.1) is 0 Å². The van der Waals surface area contributed by atoms with E-state index in [1.54, 1.807) is 12.1 Å². The Morgan fingerprint density at radius 2 is 2.00 bits per heavy atom. The molecule has 0 atom stereocenters. The first-order valence-corrected chi connectivity index (χ1v) is 3.67. The molecule has 0 aromatic heterocycles. The van der Waals surface area contributed by atoms with Crippen molar-refractivity contribution < 1.29 is 10.5 Å². The summed E-state index contributed by atoms with van der Waals surface area (Å²) in [4.78, 5) is 11.0. The van der Waals surface area contributed by atoms with Gasteiger partial charge in [-0.25, -0.2) is 5.84 Å². The molecular weight excluding hydrogens is 154 g/mol. The van der Waals surface area contributed by atoms with E-state index >= 15 is 0 Å². The Kier molecular flexibility index (Phi) is 2.79. The van der Waals surface area contributed by atoms with Crippen molar-refractivity contribution in [3.63, 3.8) is 0 Å². The van der Waals surface area contributed by atoms with Gasteiger partial charge in [-0.2, -0.15) is 0 Å². The Balaban J connectivity index is 2.84. The van der Waals surface area contributed by atoms with Crippen LogP contribution in [0.4, 0.5) is 0 Å². The van der Waals surface area contributed by atoms with Gasteiger partial charge in [-0.1, -0.05) is 12.1 Å². The number of benzene rings is 1. The van der Waals surface area contributed by atoms with Crippen LogP contribution in [0.3, 0.4) is 0 Å². The van der Waals surface area contributed by atoms with Gasteiger partial charge in [0.15, 0.2) is 0 Å². The van der Waals surface area contributed by atoms with Crippen LogP contribution in [-0.4, -0.2) is 5.91 Å². The molecule has 0 aliphatic carbocycles. The van der Waals surface area contributed by atoms with Crippen molar-refractivity contribution in [2.75, 3.05) is 0 Å². The molecule has 0 radical (unpaired) electrons. The van der Waals surface area contributed by atoms with E-state index < -0.39 is 0 Å². The maximum atomic E-state index is 11.0. The minimum atomic E-state index is -0.273. The van der Waals surface area contributed by atoms with E-state index in [1.165, 1.54) is 0 Å². The van der Waals surface area contributed by atoms with Crippen LogP contribution in [0.25, 0.3) is 0 Å². The van der Waals surface area contributed by atoms with E-state index in [0.29, 0.717) is 5.56 Å². The summed E-state index contributed by atoms with van der Waals surface area (Å²) < 4.78 is 0. The van der Waals surface area contributed by atoms with Crippen molar-refractivity contribution in [2.45, 2.75) is 6.54 Å². The molecule has 0 aliphatic heterocycles. The summed E-state index contributed by atoms with van der Waals surface area (Å²) in [6, 6.07) is 7.17. The summed E-state index contributed by atoms with van der Waals surface area (Å²) in [6.07, 6.45) is 0. The second-order valence-corrected chi connectivity index (χ2v) is 2.42. The molecule has 0 aliphatic rings. The van der Waals surface area contributed by atoms with Crippen LogP contribution < -0.4 is 17.0 Å². The Morgan fingerprint density at radius 3 is 2.42 bits per heavy atom. The summed E-state index contributed by atoms with van der Waals surface area (Å²) in [5.74, 6) is 4.69. The Bertz CT molecular complexity index is 268. The summed E-state index contributed by atoms with van der Waals surface area (Å²) in [5, 5.41) is 0. The lowest BCUT2D eigenvalue weighted by molar-refractivity contribution is -0.386. The van der Waals surface area contributed by atoms with E-state index in [-0.39, 0.29) is 5.91 Å². The number of nitrogens with two attached hydrogens (primary N) is 1. The fraction of sp³-hybridized carbons (Fsp3) is 0.125. The third-order valence-electron chi connectivity index (χ3n) is 1.64. The number of quaternary nitrogens is 1. The van der Waals surface area contributed by atoms with E-state index in [1.807, 2.05) is 12.1 Å². The molecule has 1 rings (SSSR count). The molecule has 12 heavy (non-hydrogen) atoms. The first-order chi connectivity index (χ1) is 5.77. The average molecular weight is 166 g/mol. The fourth-order valence-electron chi connectivity index (χ4n) is 0.906. The summed E-state index contributed by atoms with van der Waals surface area (Å²) >= 11 is 0. The predicted molar refractivity (Wildman–Crippen MR) is 44.7 cm³/mol. The molecule has 0 saturated carbocycles. The molecule has 4 nitrogen and oxygen atoms in total. The van der Waals surface area contributed by atoms with Gasteiger partial charge in [-0.3, -0.25) is 10.2 Å². The van der Waals surface area contributed by atoms with Crippen LogP contribution >= 0.6 is 0 Å². The number of hydrogen-bond acceptors (Lipinski definition) is 2. The van der Waals surface area contributed by atoms with E-state index in [4.69, 9.17) is 5.84 Å². The molecule has 0 saturated heterocycles. The molecule has 1 aromatic carbocycles. The molecule has 0 heterocycles. The fourth-order valence-corrected chi connectivity index (χ4v) is 0.906. The van der Waals surface area contributed by atoms with Crippen molar-refractivity contribution in [3.05, 3.63) is 35.4 Å². The highest BCUT2D eigenvalue weighted by Gasteiger charge is 2.01. The van der Waals surface area contributed by atoms with Gasteiger partial charge in [0.1, 0.15) is 0 Å². The number of hydrogen-bond donors (Lipinski definition) is 3. The number of amides is 1. The number of nitrogens with one attached hydrogen (secondary N) is 1. The standard InChI is InChI=1S/C8H11N3O/c9-5-6-1-3-7(4-2-6)8(12)11-10/h1-4H,5,9-10H2,(H,11,12)/p+1. The molecule has 0 bridgehead atoms. The minimum Gasteiger partial charge on any atom is -0.354 e. The number of nitrogen functional groups attached to an aromatic ring is 1. The van der Waals surface area contributed by atoms with Gasteiger partial charge in [0.2, 0.25) is 0 Å². The number of hydrazine groups is 1. The maximum Gasteiger partial charge on any atom is 0.265 e. The quantitative estimate of drug-likeness (QED) is 0.300. The lowest BCUT2D eigenvalue weighted by Crippen LogP contribution is -2.47. The molecule has 64 valence electrons. The summed E-state index contributed by atoms with van der Waals surface area (Å²) in [6.45, 7) is 0.727. The maximum absolute atomic E-state index is 11.0. The first-order valence-electron chi connectivity index (χ1n) is 3.67. The third-order valence-corrected chi connectivity index (χ3v) is 1.64. The smallest absolute Gasteiger partial charge is 0.265 e. The lowest BCUT2D eigenvalue weighted by Gasteiger charge is -1.99. The van der Waals surface area contributed by atoms with Crippen LogP contribution in [0.2, 0.25) is 0 Å². The molecular formula is C8H12N3O+. The minimum absolute atomic E-state index is 0.273. The summed E-state index contributed by atoms with van der Waals surface area (Å²) in [7, 11) is 0. The van der Waals surface area contributed by atoms with Crippen LogP contribution in [0.1, 0.15) is 15.9 Å². The molecule has 1 aromatic rings. The molecule has 6 N–H and O–H groups in total. The Hall–Kier alpha value is -1.39. The number of rotatable bonds is 2. The average Bonchev–Trinajstić information content (AvgIpc) is 2.17. The number of carbonyl (C=O) groups excluding carboxylic acids is 1. The van der Waals surface area contributed by atoms with Crippen molar-refractivity contribution >= 4 is 5.91 Å². The van der Waals surface area contributed by atoms with Gasteiger partial charge in [0.25, 0.3) is 5.91 Å². The molecule has 4 heteroatoms. The van der Waals surface area contributed by atoms with Crippen molar-refractivity contribution in [1.82, 2.24) is 5.43 Å². The predicted octanol–water partition coefficient (Wildman–Crippen LogP) is -0.968. The first kappa shape index (κ1) is 8.70. The zero-order valence-electron chi connectivity index (χ0n) is 6.71. The van der Waals surface area contributed by atoms with E-state index in [0.717, 1.165) is 12.1 Å². The van der Waals surface area contributed by atoms with E-state index in [2.05, 4.69) is 11.2 Å². The van der Waals surface area contributed by atoms with Gasteiger partial charge in [0.05, 0.1) is 6.54 Å². The third kappa shape index (κ3) is 1.81. The van der Waals surface area contributed by atoms with Gasteiger partial charge in [0, 0.05) is 11.1 Å². The zero-order chi connectivity index (χ0) is 8.97. The van der Waals surface area contributed by atoms with Gasteiger partial charge in [-0.05, 0) is 12.1 Å².